The third-order valence-electron chi connectivity index (χ3n) is 5.38. The van der Waals surface area contributed by atoms with Gasteiger partial charge in [-0.1, -0.05) is 17.8 Å². The van der Waals surface area contributed by atoms with Crippen molar-refractivity contribution in [3.8, 4) is 0 Å². The second kappa shape index (κ2) is 8.54. The van der Waals surface area contributed by atoms with Crippen LogP contribution in [0.15, 0.2) is 40.7 Å². The van der Waals surface area contributed by atoms with Crippen LogP contribution < -0.4 is 4.90 Å². The van der Waals surface area contributed by atoms with Crippen LogP contribution in [-0.4, -0.2) is 64.6 Å². The average molecular weight is 485 g/mol. The number of imide groups is 1. The topological polar surface area (TPSA) is 123 Å². The van der Waals surface area contributed by atoms with Gasteiger partial charge in [-0.2, -0.15) is 0 Å². The van der Waals surface area contributed by atoms with Gasteiger partial charge in [-0.25, -0.2) is 9.88 Å². The van der Waals surface area contributed by atoms with Crippen LogP contribution in [0.1, 0.15) is 20.7 Å². The molecule has 0 N–H and O–H groups in total. The largest absolute Gasteiger partial charge is 0.378 e. The van der Waals surface area contributed by atoms with Gasteiger partial charge in [0.1, 0.15) is 5.56 Å². The second-order valence-corrected chi connectivity index (χ2v) is 9.57. The molecule has 0 aliphatic carbocycles. The molecule has 2 aliphatic heterocycles. The maximum absolute atomic E-state index is 12.9. The monoisotopic (exact) mass is 484 g/mol. The summed E-state index contributed by atoms with van der Waals surface area (Å²) in [5.41, 5.74) is 0.405. The summed E-state index contributed by atoms with van der Waals surface area (Å²) in [6.07, 6.45) is 0. The maximum Gasteiger partial charge on any atom is 0.283 e. The minimum absolute atomic E-state index is 0.0106. The summed E-state index contributed by atoms with van der Waals surface area (Å²) in [4.78, 5) is 56.1. The van der Waals surface area contributed by atoms with Gasteiger partial charge in [-0.3, -0.25) is 24.5 Å². The first-order chi connectivity index (χ1) is 15.9. The zero-order valence-electron chi connectivity index (χ0n) is 17.1. The third kappa shape index (κ3) is 3.86. The number of nitro benzene ring substituents is 1. The number of rotatable bonds is 5. The smallest absolute Gasteiger partial charge is 0.283 e. The van der Waals surface area contributed by atoms with Gasteiger partial charge in [-0.05, 0) is 24.3 Å². The van der Waals surface area contributed by atoms with Crippen LogP contribution in [0.25, 0.3) is 10.2 Å². The molecule has 0 atom stereocenters. The van der Waals surface area contributed by atoms with Gasteiger partial charge in [0.2, 0.25) is 5.91 Å². The first kappa shape index (κ1) is 21.5. The number of nitrogens with zero attached hydrogens (tertiary/aromatic N) is 4. The fraction of sp³-hybridized carbons (Fsp3) is 0.238. The number of hydrogen-bond acceptors (Lipinski definition) is 9. The van der Waals surface area contributed by atoms with Crippen molar-refractivity contribution in [1.82, 2.24) is 9.88 Å². The number of aromatic nitrogens is 1. The minimum Gasteiger partial charge on any atom is -0.378 e. The Kier molecular flexibility index (Phi) is 5.56. The summed E-state index contributed by atoms with van der Waals surface area (Å²) in [5, 5.41) is 11.3. The van der Waals surface area contributed by atoms with Crippen molar-refractivity contribution in [1.29, 1.82) is 0 Å². The Morgan fingerprint density at radius 3 is 2.73 bits per heavy atom. The zero-order valence-corrected chi connectivity index (χ0v) is 18.7. The third-order valence-corrected chi connectivity index (χ3v) is 7.53. The van der Waals surface area contributed by atoms with E-state index in [0.717, 1.165) is 9.60 Å². The number of thiazole rings is 1. The van der Waals surface area contributed by atoms with Gasteiger partial charge < -0.3 is 9.64 Å². The van der Waals surface area contributed by atoms with E-state index in [9.17, 15) is 24.5 Å². The van der Waals surface area contributed by atoms with E-state index >= 15 is 0 Å². The minimum atomic E-state index is -0.725. The van der Waals surface area contributed by atoms with E-state index in [0.29, 0.717) is 41.8 Å². The van der Waals surface area contributed by atoms with Gasteiger partial charge in [-0.15, -0.1) is 11.3 Å². The molecule has 1 saturated heterocycles. The number of fused-ring (bicyclic) bond motifs is 2. The van der Waals surface area contributed by atoms with E-state index in [1.807, 2.05) is 0 Å². The summed E-state index contributed by atoms with van der Waals surface area (Å²) in [7, 11) is 0. The lowest BCUT2D eigenvalue weighted by Crippen LogP contribution is -2.41. The first-order valence-corrected chi connectivity index (χ1v) is 11.8. The molecule has 0 saturated carbocycles. The molecular formula is C21H16N4O6S2. The second-order valence-electron chi connectivity index (χ2n) is 7.32. The van der Waals surface area contributed by atoms with Crippen molar-refractivity contribution in [2.24, 2.45) is 0 Å². The van der Waals surface area contributed by atoms with Crippen LogP contribution in [0, 0.1) is 10.1 Å². The molecule has 3 heterocycles. The summed E-state index contributed by atoms with van der Waals surface area (Å²) >= 11 is 2.69. The van der Waals surface area contributed by atoms with Crippen molar-refractivity contribution >= 4 is 62.4 Å². The molecule has 0 bridgehead atoms. The predicted molar refractivity (Wildman–Crippen MR) is 122 cm³/mol. The quantitative estimate of drug-likeness (QED) is 0.234. The number of anilines is 1. The first-order valence-electron chi connectivity index (χ1n) is 9.99. The van der Waals surface area contributed by atoms with E-state index in [1.165, 1.54) is 41.3 Å². The zero-order chi connectivity index (χ0) is 23.1. The van der Waals surface area contributed by atoms with E-state index < -0.39 is 22.4 Å². The lowest BCUT2D eigenvalue weighted by molar-refractivity contribution is -0.385. The highest BCUT2D eigenvalue weighted by molar-refractivity contribution is 8.01. The number of thioether (sulfide) groups is 1. The van der Waals surface area contributed by atoms with Gasteiger partial charge in [0.05, 0.1) is 45.4 Å². The molecule has 2 aliphatic rings. The Hall–Kier alpha value is -3.35. The maximum atomic E-state index is 12.9. The molecule has 33 heavy (non-hydrogen) atoms. The van der Waals surface area contributed by atoms with Crippen molar-refractivity contribution in [2.75, 3.05) is 37.0 Å². The molecule has 10 nitrogen and oxygen atoms in total. The number of hydrogen-bond donors (Lipinski definition) is 0. The lowest BCUT2D eigenvalue weighted by atomic mass is 10.1. The van der Waals surface area contributed by atoms with Crippen LogP contribution in [-0.2, 0) is 9.53 Å². The Balaban J connectivity index is 1.37. The summed E-state index contributed by atoms with van der Waals surface area (Å²) in [6, 6.07) is 8.94. The number of benzene rings is 2. The number of carbonyl (C=O) groups excluding carboxylic acids is 3. The number of carbonyl (C=O) groups is 3. The SMILES string of the molecule is O=C(CSc1nc2ccc(N3C(=O)c4cccc([N+](=O)[O-])c4C3=O)cc2s1)N1CCOCC1. The molecule has 168 valence electrons. The molecule has 3 aromatic rings. The number of morpholine rings is 1. The fourth-order valence-corrected chi connectivity index (χ4v) is 5.78. The van der Waals surface area contributed by atoms with Crippen molar-refractivity contribution in [2.45, 2.75) is 4.34 Å². The van der Waals surface area contributed by atoms with Gasteiger partial charge in [0, 0.05) is 19.2 Å². The van der Waals surface area contributed by atoms with Crippen LogP contribution in [0.4, 0.5) is 11.4 Å². The highest BCUT2D eigenvalue weighted by atomic mass is 32.2. The molecule has 1 aromatic heterocycles. The predicted octanol–water partition coefficient (Wildman–Crippen LogP) is 2.96. The van der Waals surface area contributed by atoms with Crippen molar-refractivity contribution in [3.63, 3.8) is 0 Å². The van der Waals surface area contributed by atoms with E-state index in [4.69, 9.17) is 4.74 Å². The number of ether oxygens (including phenoxy) is 1. The van der Waals surface area contributed by atoms with Crippen LogP contribution in [0.2, 0.25) is 0 Å². The summed E-state index contributed by atoms with van der Waals surface area (Å²) in [6.45, 7) is 2.25. The number of amides is 3. The van der Waals surface area contributed by atoms with Crippen LogP contribution >= 0.6 is 23.1 Å². The Morgan fingerprint density at radius 2 is 1.97 bits per heavy atom. The molecule has 1 fully saturated rings. The summed E-state index contributed by atoms with van der Waals surface area (Å²) in [5.74, 6) is -1.05. The highest BCUT2D eigenvalue weighted by Crippen LogP contribution is 2.37. The Morgan fingerprint density at radius 1 is 1.18 bits per heavy atom. The van der Waals surface area contributed by atoms with Gasteiger partial charge in [0.15, 0.2) is 4.34 Å². The molecule has 3 amide bonds. The van der Waals surface area contributed by atoms with Crippen LogP contribution in [0.3, 0.4) is 0 Å². The molecule has 0 spiro atoms. The van der Waals surface area contributed by atoms with Gasteiger partial charge in [0.25, 0.3) is 17.5 Å². The van der Waals surface area contributed by atoms with Crippen molar-refractivity contribution in [3.05, 3.63) is 57.6 Å². The lowest BCUT2D eigenvalue weighted by Gasteiger charge is -2.26. The number of nitro groups is 1. The van der Waals surface area contributed by atoms with Crippen LogP contribution in [0.5, 0.6) is 0 Å². The van der Waals surface area contributed by atoms with E-state index in [-0.39, 0.29) is 22.8 Å². The standard InChI is InChI=1S/C21H16N4O6S2/c26-17(23-6-8-31-9-7-23)11-32-21-22-14-5-4-12(10-16(14)33-21)24-19(27)13-2-1-3-15(25(29)30)18(13)20(24)28/h1-5,10H,6-9,11H2. The normalized spacial score (nSPS) is 15.9. The average Bonchev–Trinajstić information content (AvgIpc) is 3.35. The van der Waals surface area contributed by atoms with E-state index in [2.05, 4.69) is 4.98 Å². The summed E-state index contributed by atoms with van der Waals surface area (Å²) < 4.78 is 6.70. The van der Waals surface area contributed by atoms with Crippen molar-refractivity contribution < 1.29 is 24.0 Å². The molecule has 0 unspecified atom stereocenters. The Bertz CT molecular complexity index is 1320. The fourth-order valence-electron chi connectivity index (χ4n) is 3.77. The highest BCUT2D eigenvalue weighted by Gasteiger charge is 2.41. The molecule has 2 aromatic carbocycles. The molecular weight excluding hydrogens is 468 g/mol. The Labute approximate surface area is 195 Å². The molecule has 5 rings (SSSR count). The van der Waals surface area contributed by atoms with Gasteiger partial charge >= 0.3 is 0 Å². The molecule has 0 radical (unpaired) electrons. The van der Waals surface area contributed by atoms with E-state index in [1.54, 1.807) is 23.1 Å². The molecule has 12 heteroatoms.